The summed E-state index contributed by atoms with van der Waals surface area (Å²) in [5.41, 5.74) is 0. The van der Waals surface area contributed by atoms with Gasteiger partial charge in [0.05, 0.1) is 5.38 Å². The molecule has 0 aliphatic carbocycles. The van der Waals surface area contributed by atoms with Crippen LogP contribution in [0.1, 0.15) is 12.8 Å². The van der Waals surface area contributed by atoms with Crippen LogP contribution in [0.4, 0.5) is 0 Å². The van der Waals surface area contributed by atoms with Crippen LogP contribution >= 0.6 is 24.0 Å². The summed E-state index contributed by atoms with van der Waals surface area (Å²) in [4.78, 5) is 2.47. The van der Waals surface area contributed by atoms with E-state index in [1.807, 2.05) is 0 Å². The van der Waals surface area contributed by atoms with Gasteiger partial charge in [0.15, 0.2) is 0 Å². The zero-order chi connectivity index (χ0) is 5.56. The van der Waals surface area contributed by atoms with Gasteiger partial charge in [-0.15, -0.1) is 24.0 Å². The molecule has 2 heterocycles. The quantitative estimate of drug-likeness (QED) is 0.495. The van der Waals surface area contributed by atoms with Crippen molar-refractivity contribution in [2.24, 2.45) is 0 Å². The highest BCUT2D eigenvalue weighted by Gasteiger charge is 2.40. The molecule has 9 heavy (non-hydrogen) atoms. The van der Waals surface area contributed by atoms with Crippen molar-refractivity contribution in [2.75, 3.05) is 13.1 Å². The number of alkyl halides is 1. The van der Waals surface area contributed by atoms with Crippen LogP contribution in [0.5, 0.6) is 0 Å². The van der Waals surface area contributed by atoms with Gasteiger partial charge in [0.1, 0.15) is 0 Å². The van der Waals surface area contributed by atoms with E-state index in [4.69, 9.17) is 11.6 Å². The molecule has 2 saturated heterocycles. The molecular weight excluding hydrogens is 157 g/mol. The molecule has 3 heteroatoms. The fraction of sp³-hybridized carbons (Fsp3) is 1.00. The van der Waals surface area contributed by atoms with E-state index in [0.29, 0.717) is 5.38 Å². The molecule has 0 aromatic rings. The molecule has 0 bridgehead atoms. The lowest BCUT2D eigenvalue weighted by molar-refractivity contribution is 0.147. The van der Waals surface area contributed by atoms with Crippen LogP contribution in [0.25, 0.3) is 0 Å². The molecule has 1 nitrogen and oxygen atoms in total. The minimum atomic E-state index is 0. The van der Waals surface area contributed by atoms with Crippen LogP contribution in [-0.2, 0) is 0 Å². The Kier molecular flexibility index (Phi) is 2.25. The van der Waals surface area contributed by atoms with Crippen molar-refractivity contribution in [3.63, 3.8) is 0 Å². The molecule has 0 amide bonds. The van der Waals surface area contributed by atoms with E-state index < -0.39 is 0 Å². The molecule has 2 aliphatic heterocycles. The first-order valence-electron chi connectivity index (χ1n) is 3.26. The van der Waals surface area contributed by atoms with E-state index in [2.05, 4.69) is 4.90 Å². The Morgan fingerprint density at radius 1 is 1.44 bits per heavy atom. The van der Waals surface area contributed by atoms with E-state index >= 15 is 0 Å². The first-order valence-corrected chi connectivity index (χ1v) is 3.70. The minimum absolute atomic E-state index is 0. The molecule has 0 aromatic carbocycles. The molecule has 0 N–H and O–H groups in total. The zero-order valence-corrected chi connectivity index (χ0v) is 6.79. The highest BCUT2D eigenvalue weighted by Crippen LogP contribution is 2.32. The summed E-state index contributed by atoms with van der Waals surface area (Å²) in [7, 11) is 0. The maximum atomic E-state index is 5.91. The van der Waals surface area contributed by atoms with Gasteiger partial charge in [0, 0.05) is 12.6 Å². The normalized spacial score (nSPS) is 41.0. The maximum absolute atomic E-state index is 5.91. The second kappa shape index (κ2) is 2.65. The standard InChI is InChI=1S/C6H10ClN.ClH/c7-5-4-8-3-1-2-6(5)8;/h5-6H,1-4H2;1H. The monoisotopic (exact) mass is 167 g/mol. The Labute approximate surface area is 66.8 Å². The Bertz CT molecular complexity index is 107. The Morgan fingerprint density at radius 2 is 2.22 bits per heavy atom. The third kappa shape index (κ3) is 1.06. The predicted octanol–water partition coefficient (Wildman–Crippen LogP) is 1.49. The van der Waals surface area contributed by atoms with Gasteiger partial charge >= 0.3 is 0 Å². The summed E-state index contributed by atoms with van der Waals surface area (Å²) in [5, 5.41) is 0.484. The third-order valence-electron chi connectivity index (χ3n) is 2.24. The summed E-state index contributed by atoms with van der Waals surface area (Å²) >= 11 is 5.91. The summed E-state index contributed by atoms with van der Waals surface area (Å²) in [6, 6.07) is 0.761. The highest BCUT2D eigenvalue weighted by molar-refractivity contribution is 6.21. The fourth-order valence-electron chi connectivity index (χ4n) is 1.70. The molecule has 2 fully saturated rings. The highest BCUT2D eigenvalue weighted by atomic mass is 35.5. The molecule has 2 rings (SSSR count). The van der Waals surface area contributed by atoms with Crippen LogP contribution < -0.4 is 0 Å². The van der Waals surface area contributed by atoms with Gasteiger partial charge in [-0.2, -0.15) is 0 Å². The van der Waals surface area contributed by atoms with Gasteiger partial charge in [-0.25, -0.2) is 0 Å². The van der Waals surface area contributed by atoms with Gasteiger partial charge in [-0.3, -0.25) is 4.90 Å². The fourth-order valence-corrected chi connectivity index (χ4v) is 2.16. The van der Waals surface area contributed by atoms with Crippen LogP contribution in [-0.4, -0.2) is 29.4 Å². The molecule has 0 spiro atoms. The maximum Gasteiger partial charge on any atom is 0.0618 e. The molecule has 54 valence electrons. The van der Waals surface area contributed by atoms with Gasteiger partial charge in [0.2, 0.25) is 0 Å². The molecule has 0 saturated carbocycles. The van der Waals surface area contributed by atoms with Crippen molar-refractivity contribution in [1.82, 2.24) is 4.90 Å². The summed E-state index contributed by atoms with van der Waals surface area (Å²) in [5.74, 6) is 0. The predicted molar refractivity (Wildman–Crippen MR) is 41.5 cm³/mol. The lowest BCUT2D eigenvalue weighted by atomic mass is 10.0. The molecule has 0 aromatic heterocycles. The van der Waals surface area contributed by atoms with Crippen molar-refractivity contribution in [1.29, 1.82) is 0 Å². The van der Waals surface area contributed by atoms with E-state index in [9.17, 15) is 0 Å². The first kappa shape index (κ1) is 7.64. The van der Waals surface area contributed by atoms with Gasteiger partial charge < -0.3 is 0 Å². The molecule has 0 radical (unpaired) electrons. The van der Waals surface area contributed by atoms with Crippen molar-refractivity contribution in [3.05, 3.63) is 0 Å². The van der Waals surface area contributed by atoms with E-state index in [1.54, 1.807) is 0 Å². The summed E-state index contributed by atoms with van der Waals surface area (Å²) in [6.07, 6.45) is 2.71. The Morgan fingerprint density at radius 3 is 2.67 bits per heavy atom. The van der Waals surface area contributed by atoms with Crippen molar-refractivity contribution in [3.8, 4) is 0 Å². The molecule has 2 aliphatic rings. The minimum Gasteiger partial charge on any atom is -0.297 e. The second-order valence-electron chi connectivity index (χ2n) is 2.72. The van der Waals surface area contributed by atoms with Crippen LogP contribution in [0.2, 0.25) is 0 Å². The van der Waals surface area contributed by atoms with Crippen molar-refractivity contribution in [2.45, 2.75) is 24.3 Å². The van der Waals surface area contributed by atoms with Gasteiger partial charge in [-0.1, -0.05) is 0 Å². The van der Waals surface area contributed by atoms with E-state index in [0.717, 1.165) is 12.6 Å². The van der Waals surface area contributed by atoms with E-state index in [1.165, 1.54) is 19.4 Å². The van der Waals surface area contributed by atoms with Crippen LogP contribution in [0, 0.1) is 0 Å². The van der Waals surface area contributed by atoms with Crippen LogP contribution in [0.3, 0.4) is 0 Å². The lowest BCUT2D eigenvalue weighted by Gasteiger charge is -2.39. The topological polar surface area (TPSA) is 3.24 Å². The second-order valence-corrected chi connectivity index (χ2v) is 3.28. The van der Waals surface area contributed by atoms with E-state index in [-0.39, 0.29) is 12.4 Å². The largest absolute Gasteiger partial charge is 0.297 e. The number of nitrogens with zero attached hydrogens (tertiary/aromatic N) is 1. The van der Waals surface area contributed by atoms with Crippen molar-refractivity contribution >= 4 is 24.0 Å². The third-order valence-corrected chi connectivity index (χ3v) is 2.67. The lowest BCUT2D eigenvalue weighted by Crippen LogP contribution is -2.53. The molecule has 2 atom stereocenters. The average molecular weight is 168 g/mol. The SMILES string of the molecule is Cl.ClC1CN2CCCC12. The number of rotatable bonds is 0. The van der Waals surface area contributed by atoms with Gasteiger partial charge in [0.25, 0.3) is 0 Å². The number of halogens is 2. The number of hydrogen-bond acceptors (Lipinski definition) is 1. The van der Waals surface area contributed by atoms with Crippen molar-refractivity contribution < 1.29 is 0 Å². The number of hydrogen-bond donors (Lipinski definition) is 0. The zero-order valence-electron chi connectivity index (χ0n) is 5.22. The molecular formula is C6H11Cl2N. The average Bonchev–Trinajstić information content (AvgIpc) is 2.09. The molecule has 2 unspecified atom stereocenters. The number of fused-ring (bicyclic) bond motifs is 1. The Hall–Kier alpha value is 0.540. The van der Waals surface area contributed by atoms with Crippen LogP contribution in [0.15, 0.2) is 0 Å². The first-order chi connectivity index (χ1) is 3.88. The Balaban J connectivity index is 0.000000405. The smallest absolute Gasteiger partial charge is 0.0618 e. The summed E-state index contributed by atoms with van der Waals surface area (Å²) in [6.45, 7) is 2.44. The van der Waals surface area contributed by atoms with Gasteiger partial charge in [-0.05, 0) is 19.4 Å². The summed E-state index contributed by atoms with van der Waals surface area (Å²) < 4.78 is 0.